The molecule has 7 heteroatoms. The van der Waals surface area contributed by atoms with E-state index in [0.717, 1.165) is 0 Å². The highest BCUT2D eigenvalue weighted by Gasteiger charge is 2.41. The lowest BCUT2D eigenvalue weighted by molar-refractivity contribution is -0.163. The second kappa shape index (κ2) is 6.64. The Bertz CT molecular complexity index is 623. The Labute approximate surface area is 125 Å². The van der Waals surface area contributed by atoms with E-state index in [1.807, 2.05) is 0 Å². The van der Waals surface area contributed by atoms with Crippen molar-refractivity contribution >= 4 is 5.91 Å². The molecule has 0 radical (unpaired) electrons. The minimum absolute atomic E-state index is 0.0277. The molecule has 0 spiro atoms. The molecule has 1 aromatic heterocycles. The van der Waals surface area contributed by atoms with Gasteiger partial charge in [-0.15, -0.1) is 0 Å². The van der Waals surface area contributed by atoms with Crippen LogP contribution < -0.4 is 5.32 Å². The highest BCUT2D eigenvalue weighted by atomic mass is 19.4. The van der Waals surface area contributed by atoms with E-state index in [1.54, 1.807) is 37.5 Å². The third-order valence-corrected chi connectivity index (χ3v) is 3.14. The van der Waals surface area contributed by atoms with Crippen molar-refractivity contribution in [2.24, 2.45) is 0 Å². The quantitative estimate of drug-likeness (QED) is 0.922. The van der Waals surface area contributed by atoms with Crippen LogP contribution in [0.5, 0.6) is 0 Å². The standard InChI is InChI=1S/C15H16F3N3O/c1-11-4-2-5-12(10-11)14(15(16,17)18)20-13(22)6-9-21-8-3-7-19-21/h2-5,7-8,10,14H,6,9H2,1H3,(H,20,22)/t14-/m0/s1. The van der Waals surface area contributed by atoms with Gasteiger partial charge in [0, 0.05) is 25.4 Å². The number of nitrogens with one attached hydrogen (secondary N) is 1. The molecular formula is C15H16F3N3O. The van der Waals surface area contributed by atoms with Crippen molar-refractivity contribution in [1.29, 1.82) is 0 Å². The van der Waals surface area contributed by atoms with E-state index < -0.39 is 18.1 Å². The fourth-order valence-electron chi connectivity index (χ4n) is 2.09. The van der Waals surface area contributed by atoms with Gasteiger partial charge in [-0.2, -0.15) is 18.3 Å². The third kappa shape index (κ3) is 4.34. The maximum absolute atomic E-state index is 13.2. The Balaban J connectivity index is 2.05. The number of benzene rings is 1. The fraction of sp³-hybridized carbons (Fsp3) is 0.333. The average molecular weight is 311 g/mol. The molecular weight excluding hydrogens is 295 g/mol. The molecule has 22 heavy (non-hydrogen) atoms. The number of alkyl halides is 3. The SMILES string of the molecule is Cc1cccc([C@H](NC(=O)CCn2cccn2)C(F)(F)F)c1. The van der Waals surface area contributed by atoms with Crippen LogP contribution in [0.25, 0.3) is 0 Å². The van der Waals surface area contributed by atoms with Gasteiger partial charge in [0.05, 0.1) is 0 Å². The molecule has 4 nitrogen and oxygen atoms in total. The second-order valence-corrected chi connectivity index (χ2v) is 4.98. The molecule has 118 valence electrons. The molecule has 1 N–H and O–H groups in total. The van der Waals surface area contributed by atoms with Crippen molar-refractivity contribution in [1.82, 2.24) is 15.1 Å². The number of amides is 1. The lowest BCUT2D eigenvalue weighted by Crippen LogP contribution is -2.38. The summed E-state index contributed by atoms with van der Waals surface area (Å²) in [4.78, 5) is 11.8. The van der Waals surface area contributed by atoms with Gasteiger partial charge in [0.25, 0.3) is 0 Å². The van der Waals surface area contributed by atoms with Crippen LogP contribution in [0.3, 0.4) is 0 Å². The molecule has 1 amide bonds. The number of aromatic nitrogens is 2. The summed E-state index contributed by atoms with van der Waals surface area (Å²) in [6.45, 7) is 1.94. The number of hydrogen-bond acceptors (Lipinski definition) is 2. The van der Waals surface area contributed by atoms with Gasteiger partial charge in [0.1, 0.15) is 0 Å². The van der Waals surface area contributed by atoms with Crippen LogP contribution in [0.4, 0.5) is 13.2 Å². The summed E-state index contributed by atoms with van der Waals surface area (Å²) in [6.07, 6.45) is -1.42. The van der Waals surface area contributed by atoms with E-state index in [0.29, 0.717) is 5.56 Å². The highest BCUT2D eigenvalue weighted by Crippen LogP contribution is 2.33. The van der Waals surface area contributed by atoms with Crippen molar-refractivity contribution in [2.75, 3.05) is 0 Å². The Hall–Kier alpha value is -2.31. The molecule has 2 aromatic rings. The van der Waals surface area contributed by atoms with Gasteiger partial charge in [-0.1, -0.05) is 29.8 Å². The van der Waals surface area contributed by atoms with Gasteiger partial charge in [-0.3, -0.25) is 9.48 Å². The molecule has 2 rings (SSSR count). The minimum atomic E-state index is -4.55. The molecule has 0 bridgehead atoms. The first kappa shape index (κ1) is 16.1. The molecule has 0 fully saturated rings. The van der Waals surface area contributed by atoms with Gasteiger partial charge >= 0.3 is 6.18 Å². The molecule has 1 heterocycles. The number of carbonyl (C=O) groups is 1. The van der Waals surface area contributed by atoms with Gasteiger partial charge < -0.3 is 5.32 Å². The molecule has 1 aromatic carbocycles. The molecule has 0 aliphatic heterocycles. The van der Waals surface area contributed by atoms with E-state index >= 15 is 0 Å². The lowest BCUT2D eigenvalue weighted by atomic mass is 10.0. The first-order chi connectivity index (χ1) is 10.4. The molecule has 0 saturated heterocycles. The molecule has 0 saturated carbocycles. The number of rotatable bonds is 5. The van der Waals surface area contributed by atoms with Crippen LogP contribution in [0.15, 0.2) is 42.7 Å². The second-order valence-electron chi connectivity index (χ2n) is 4.98. The number of hydrogen-bond donors (Lipinski definition) is 1. The molecule has 1 atom stereocenters. The zero-order chi connectivity index (χ0) is 16.2. The number of aryl methyl sites for hydroxylation is 2. The van der Waals surface area contributed by atoms with E-state index in [2.05, 4.69) is 10.4 Å². The predicted molar refractivity (Wildman–Crippen MR) is 75.0 cm³/mol. The van der Waals surface area contributed by atoms with Crippen molar-refractivity contribution in [2.45, 2.75) is 32.1 Å². The predicted octanol–water partition coefficient (Wildman–Crippen LogP) is 3.00. The zero-order valence-electron chi connectivity index (χ0n) is 12.0. The topological polar surface area (TPSA) is 46.9 Å². The van der Waals surface area contributed by atoms with Gasteiger partial charge in [0.2, 0.25) is 5.91 Å². The fourth-order valence-corrected chi connectivity index (χ4v) is 2.09. The van der Waals surface area contributed by atoms with Crippen molar-refractivity contribution < 1.29 is 18.0 Å². The third-order valence-electron chi connectivity index (χ3n) is 3.14. The Morgan fingerprint density at radius 1 is 1.36 bits per heavy atom. The van der Waals surface area contributed by atoms with Gasteiger partial charge in [0.15, 0.2) is 6.04 Å². The first-order valence-electron chi connectivity index (χ1n) is 6.76. The van der Waals surface area contributed by atoms with Crippen LogP contribution >= 0.6 is 0 Å². The van der Waals surface area contributed by atoms with Gasteiger partial charge in [-0.25, -0.2) is 0 Å². The van der Waals surface area contributed by atoms with E-state index in [4.69, 9.17) is 0 Å². The summed E-state index contributed by atoms with van der Waals surface area (Å²) >= 11 is 0. The summed E-state index contributed by atoms with van der Waals surface area (Å²) < 4.78 is 41.0. The number of halogens is 3. The van der Waals surface area contributed by atoms with Crippen LogP contribution in [0, 0.1) is 6.92 Å². The summed E-state index contributed by atoms with van der Waals surface area (Å²) in [5, 5.41) is 5.96. The Morgan fingerprint density at radius 3 is 2.73 bits per heavy atom. The maximum Gasteiger partial charge on any atom is 0.412 e. The summed E-state index contributed by atoms with van der Waals surface area (Å²) in [6, 6.07) is 5.71. The van der Waals surface area contributed by atoms with Crippen LogP contribution in [-0.2, 0) is 11.3 Å². The van der Waals surface area contributed by atoms with Crippen molar-refractivity contribution in [3.63, 3.8) is 0 Å². The van der Waals surface area contributed by atoms with E-state index in [-0.39, 0.29) is 18.5 Å². The normalized spacial score (nSPS) is 12.9. The van der Waals surface area contributed by atoms with Crippen molar-refractivity contribution in [3.05, 3.63) is 53.9 Å². The van der Waals surface area contributed by atoms with Crippen LogP contribution in [-0.4, -0.2) is 21.9 Å². The smallest absolute Gasteiger partial charge is 0.341 e. The van der Waals surface area contributed by atoms with E-state index in [1.165, 1.54) is 16.8 Å². The largest absolute Gasteiger partial charge is 0.412 e. The monoisotopic (exact) mass is 311 g/mol. The Kier molecular flexibility index (Phi) is 4.85. The van der Waals surface area contributed by atoms with Crippen molar-refractivity contribution in [3.8, 4) is 0 Å². The highest BCUT2D eigenvalue weighted by molar-refractivity contribution is 5.76. The molecule has 0 aliphatic rings. The number of nitrogens with zero attached hydrogens (tertiary/aromatic N) is 2. The lowest BCUT2D eigenvalue weighted by Gasteiger charge is -2.22. The summed E-state index contributed by atoms with van der Waals surface area (Å²) in [5.41, 5.74) is 0.734. The van der Waals surface area contributed by atoms with Crippen LogP contribution in [0.1, 0.15) is 23.6 Å². The molecule has 0 aliphatic carbocycles. The summed E-state index contributed by atoms with van der Waals surface area (Å²) in [7, 11) is 0. The first-order valence-corrected chi connectivity index (χ1v) is 6.76. The Morgan fingerprint density at radius 2 is 2.14 bits per heavy atom. The maximum atomic E-state index is 13.2. The average Bonchev–Trinajstić information content (AvgIpc) is 2.94. The van der Waals surface area contributed by atoms with E-state index in [9.17, 15) is 18.0 Å². The van der Waals surface area contributed by atoms with Crippen LogP contribution in [0.2, 0.25) is 0 Å². The zero-order valence-corrected chi connectivity index (χ0v) is 12.0. The minimum Gasteiger partial charge on any atom is -0.341 e. The van der Waals surface area contributed by atoms with Gasteiger partial charge in [-0.05, 0) is 18.6 Å². The molecule has 0 unspecified atom stereocenters. The number of carbonyl (C=O) groups excluding carboxylic acids is 1. The summed E-state index contributed by atoms with van der Waals surface area (Å²) in [5.74, 6) is -0.667.